The predicted molar refractivity (Wildman–Crippen MR) is 80.2 cm³/mol. The van der Waals surface area contributed by atoms with Crippen LogP contribution in [-0.4, -0.2) is 28.4 Å². The summed E-state index contributed by atoms with van der Waals surface area (Å²) in [4.78, 5) is 11.7. The number of nitrogens with two attached hydrogens (primary N) is 1. The number of hydrogen-bond acceptors (Lipinski definition) is 5. The Bertz CT molecular complexity index is 493. The first kappa shape index (κ1) is 17.9. The number of esters is 1. The van der Waals surface area contributed by atoms with E-state index in [9.17, 15) is 13.7 Å². The van der Waals surface area contributed by atoms with Gasteiger partial charge in [0.2, 0.25) is 0 Å². The number of ether oxygens (including phenoxy) is 1. The normalized spacial score (nSPS) is 16.1. The molecule has 0 fully saturated rings. The van der Waals surface area contributed by atoms with Crippen LogP contribution in [0.1, 0.15) is 32.4 Å². The van der Waals surface area contributed by atoms with E-state index in [4.69, 9.17) is 5.73 Å². The van der Waals surface area contributed by atoms with Gasteiger partial charge in [0.15, 0.2) is 0 Å². The summed E-state index contributed by atoms with van der Waals surface area (Å²) in [6.07, 6.45) is 0. The molecule has 7 heteroatoms. The Labute approximate surface area is 127 Å². The van der Waals surface area contributed by atoms with Crippen LogP contribution >= 0.6 is 0 Å². The van der Waals surface area contributed by atoms with Crippen LogP contribution in [0.25, 0.3) is 0 Å². The number of nitrogens with one attached hydrogen (secondary N) is 1. The maximum Gasteiger partial charge on any atom is 0.324 e. The van der Waals surface area contributed by atoms with Crippen LogP contribution in [-0.2, 0) is 20.9 Å². The minimum atomic E-state index is -1.47. The van der Waals surface area contributed by atoms with Crippen molar-refractivity contribution in [3.63, 3.8) is 0 Å². The molecule has 0 aliphatic heterocycles. The van der Waals surface area contributed by atoms with Crippen molar-refractivity contribution in [3.8, 4) is 0 Å². The highest BCUT2D eigenvalue weighted by Crippen LogP contribution is 2.23. The first-order chi connectivity index (χ1) is 9.66. The van der Waals surface area contributed by atoms with Crippen molar-refractivity contribution in [2.24, 2.45) is 5.73 Å². The van der Waals surface area contributed by atoms with Crippen LogP contribution in [0, 0.1) is 5.82 Å². The van der Waals surface area contributed by atoms with Gasteiger partial charge >= 0.3 is 5.97 Å². The van der Waals surface area contributed by atoms with Gasteiger partial charge in [-0.15, -0.1) is 4.72 Å². The van der Waals surface area contributed by atoms with Crippen LogP contribution in [0.4, 0.5) is 4.39 Å². The molecule has 118 valence electrons. The zero-order valence-corrected chi connectivity index (χ0v) is 13.4. The molecule has 3 atom stereocenters. The van der Waals surface area contributed by atoms with Gasteiger partial charge in [-0.25, -0.2) is 4.39 Å². The molecule has 5 nitrogen and oxygen atoms in total. The largest absolute Gasteiger partial charge is 0.598 e. The first-order valence-corrected chi connectivity index (χ1v) is 7.58. The topological polar surface area (TPSA) is 87.4 Å². The average Bonchev–Trinajstić information content (AvgIpc) is 2.41. The van der Waals surface area contributed by atoms with Crippen LogP contribution in [0.15, 0.2) is 24.3 Å². The van der Waals surface area contributed by atoms with Gasteiger partial charge in [-0.1, -0.05) is 12.1 Å². The number of carbonyl (C=O) groups excluding carboxylic acids is 1. The first-order valence-electron chi connectivity index (χ1n) is 6.43. The highest BCUT2D eigenvalue weighted by atomic mass is 32.2. The summed E-state index contributed by atoms with van der Waals surface area (Å²) >= 11 is -1.47. The molecule has 0 bridgehead atoms. The smallest absolute Gasteiger partial charge is 0.324 e. The average molecular weight is 316 g/mol. The zero-order chi connectivity index (χ0) is 16.2. The predicted octanol–water partition coefficient (Wildman–Crippen LogP) is 1.42. The minimum absolute atomic E-state index is 0.436. The highest BCUT2D eigenvalue weighted by molar-refractivity contribution is 7.90. The molecule has 0 heterocycles. The lowest BCUT2D eigenvalue weighted by atomic mass is 10.0. The maximum absolute atomic E-state index is 13.4. The summed E-state index contributed by atoms with van der Waals surface area (Å²) < 4.78 is 32.5. The molecule has 21 heavy (non-hydrogen) atoms. The van der Waals surface area contributed by atoms with E-state index < -0.39 is 40.0 Å². The Morgan fingerprint density at radius 2 is 2.10 bits per heavy atom. The Hall–Kier alpha value is -1.15. The van der Waals surface area contributed by atoms with Crippen LogP contribution in [0.5, 0.6) is 0 Å². The van der Waals surface area contributed by atoms with Crippen LogP contribution in [0.3, 0.4) is 0 Å². The van der Waals surface area contributed by atoms with Crippen molar-refractivity contribution in [2.75, 3.05) is 7.11 Å². The molecular formula is C14H21FN2O3S. The van der Waals surface area contributed by atoms with E-state index >= 15 is 0 Å². The number of carbonyl (C=O) groups is 1. The standard InChI is InChI=1S/C14H21FN2O3S/c1-14(2,3)21(19)17-12(11(16)13(18)20-4)9-6-5-7-10(15)8-9/h5-8,11-12,17H,16H2,1-4H3/t11-,12+,21-/m0/s1. The van der Waals surface area contributed by atoms with E-state index in [1.54, 1.807) is 26.8 Å². The summed E-state index contributed by atoms with van der Waals surface area (Å²) in [6, 6.07) is 3.74. The van der Waals surface area contributed by atoms with Crippen LogP contribution < -0.4 is 10.5 Å². The lowest BCUT2D eigenvalue weighted by Gasteiger charge is -2.30. The van der Waals surface area contributed by atoms with Crippen molar-refractivity contribution >= 4 is 17.3 Å². The monoisotopic (exact) mass is 316 g/mol. The molecule has 3 N–H and O–H groups in total. The van der Waals surface area contributed by atoms with E-state index in [1.165, 1.54) is 25.3 Å². The number of hydrogen-bond donors (Lipinski definition) is 2. The van der Waals surface area contributed by atoms with Crippen LogP contribution in [0.2, 0.25) is 0 Å². The molecule has 1 aromatic rings. The number of halogens is 1. The quantitative estimate of drug-likeness (QED) is 0.633. The molecule has 0 spiro atoms. The third-order valence-corrected chi connectivity index (χ3v) is 4.41. The molecular weight excluding hydrogens is 295 g/mol. The zero-order valence-electron chi connectivity index (χ0n) is 12.6. The van der Waals surface area contributed by atoms with Gasteiger partial charge in [0.1, 0.15) is 22.6 Å². The van der Waals surface area contributed by atoms with Gasteiger partial charge in [-0.05, 0) is 38.5 Å². The highest BCUT2D eigenvalue weighted by Gasteiger charge is 2.35. The minimum Gasteiger partial charge on any atom is -0.598 e. The van der Waals surface area contributed by atoms with Gasteiger partial charge in [-0.3, -0.25) is 4.79 Å². The van der Waals surface area contributed by atoms with E-state index in [0.29, 0.717) is 5.56 Å². The molecule has 0 amide bonds. The lowest BCUT2D eigenvalue weighted by Crippen LogP contribution is -2.50. The Kier molecular flexibility index (Phi) is 6.15. The summed E-state index contributed by atoms with van der Waals surface area (Å²) in [7, 11) is 1.21. The maximum atomic E-state index is 13.4. The molecule has 1 aromatic carbocycles. The molecule has 0 saturated carbocycles. The van der Waals surface area contributed by atoms with Crippen molar-refractivity contribution < 1.29 is 18.5 Å². The second kappa shape index (κ2) is 7.22. The fourth-order valence-corrected chi connectivity index (χ4v) is 2.48. The summed E-state index contributed by atoms with van der Waals surface area (Å²) in [5.74, 6) is -1.12. The SMILES string of the molecule is COC(=O)[C@@H](N)[C@H](N[S@@+]([O-])C(C)(C)C)c1cccc(F)c1. The van der Waals surface area contributed by atoms with Gasteiger partial charge in [0.05, 0.1) is 7.11 Å². The van der Waals surface area contributed by atoms with Crippen molar-refractivity contribution in [3.05, 3.63) is 35.6 Å². The van der Waals surface area contributed by atoms with E-state index in [1.807, 2.05) is 0 Å². The van der Waals surface area contributed by atoms with Gasteiger partial charge in [-0.2, -0.15) is 0 Å². The van der Waals surface area contributed by atoms with E-state index in [0.717, 1.165) is 0 Å². The second-order valence-electron chi connectivity index (χ2n) is 5.58. The lowest BCUT2D eigenvalue weighted by molar-refractivity contribution is -0.142. The summed E-state index contributed by atoms with van der Waals surface area (Å²) in [6.45, 7) is 5.34. The molecule has 0 aliphatic rings. The van der Waals surface area contributed by atoms with Gasteiger partial charge in [0.25, 0.3) is 0 Å². The van der Waals surface area contributed by atoms with Crippen molar-refractivity contribution in [2.45, 2.75) is 37.6 Å². The second-order valence-corrected chi connectivity index (χ2v) is 7.58. The molecule has 0 aliphatic carbocycles. The molecule has 0 aromatic heterocycles. The Balaban J connectivity index is 3.08. The fourth-order valence-electron chi connectivity index (χ4n) is 1.61. The number of methoxy groups -OCH3 is 1. The molecule has 1 rings (SSSR count). The summed E-state index contributed by atoms with van der Waals surface area (Å²) in [5, 5.41) is 0. The Morgan fingerprint density at radius 3 is 2.57 bits per heavy atom. The van der Waals surface area contributed by atoms with Gasteiger partial charge < -0.3 is 15.0 Å². The molecule has 0 unspecified atom stereocenters. The molecule has 0 radical (unpaired) electrons. The van der Waals surface area contributed by atoms with E-state index in [2.05, 4.69) is 9.46 Å². The third-order valence-electron chi connectivity index (χ3n) is 2.83. The third kappa shape index (κ3) is 4.96. The fraction of sp³-hybridized carbons (Fsp3) is 0.500. The van der Waals surface area contributed by atoms with E-state index in [-0.39, 0.29) is 0 Å². The molecule has 0 saturated heterocycles. The summed E-state index contributed by atoms with van der Waals surface area (Å²) in [5.41, 5.74) is 6.29. The van der Waals surface area contributed by atoms with Crippen molar-refractivity contribution in [1.29, 1.82) is 0 Å². The Morgan fingerprint density at radius 1 is 1.48 bits per heavy atom. The number of rotatable bonds is 5. The van der Waals surface area contributed by atoms with Crippen molar-refractivity contribution in [1.82, 2.24) is 4.72 Å². The van der Waals surface area contributed by atoms with Gasteiger partial charge in [0, 0.05) is 11.4 Å². The number of benzene rings is 1.